The Kier molecular flexibility index (Phi) is 4.20. The second-order valence-corrected chi connectivity index (χ2v) is 8.33. The first-order valence-corrected chi connectivity index (χ1v) is 9.51. The molecule has 21 heavy (non-hydrogen) atoms. The fraction of sp³-hybridized carbons (Fsp3) is 0.214. The van der Waals surface area contributed by atoms with Gasteiger partial charge in [0.15, 0.2) is 0 Å². The maximum atomic E-state index is 12.1. The smallest absolute Gasteiger partial charge is 0.295 e. The van der Waals surface area contributed by atoms with Gasteiger partial charge in [-0.2, -0.15) is 0 Å². The molecule has 0 aliphatic rings. The second kappa shape index (κ2) is 5.68. The van der Waals surface area contributed by atoms with E-state index in [1.54, 1.807) is 34.6 Å². The lowest BCUT2D eigenvalue weighted by Gasteiger charge is -2.12. The van der Waals surface area contributed by atoms with Crippen molar-refractivity contribution in [2.75, 3.05) is 0 Å². The van der Waals surface area contributed by atoms with Crippen LogP contribution in [-0.2, 0) is 14.1 Å². The molecule has 0 saturated heterocycles. The van der Waals surface area contributed by atoms with E-state index in [0.717, 1.165) is 25.5 Å². The molecule has 0 fully saturated rings. The van der Waals surface area contributed by atoms with Gasteiger partial charge in [0.05, 0.1) is 15.9 Å². The van der Waals surface area contributed by atoms with Crippen LogP contribution < -0.4 is 5.69 Å². The topological polar surface area (TPSA) is 26.9 Å². The van der Waals surface area contributed by atoms with Crippen molar-refractivity contribution in [1.29, 1.82) is 0 Å². The molecule has 0 spiro atoms. The first-order chi connectivity index (χ1) is 9.91. The van der Waals surface area contributed by atoms with Gasteiger partial charge in [-0.1, -0.05) is 31.9 Å². The normalized spacial score (nSPS) is 13.0. The van der Waals surface area contributed by atoms with Gasteiger partial charge in [0.25, 0.3) is 0 Å². The summed E-state index contributed by atoms with van der Waals surface area (Å²) in [7, 11) is 3.59. The molecule has 0 aliphatic carbocycles. The van der Waals surface area contributed by atoms with E-state index in [9.17, 15) is 4.79 Å². The molecule has 3 aromatic rings. The number of thiophene rings is 1. The predicted molar refractivity (Wildman–Crippen MR) is 98.6 cm³/mol. The molecule has 1 atom stereocenters. The number of fused-ring (bicyclic) bond motifs is 1. The quantitative estimate of drug-likeness (QED) is 0.463. The Bertz CT molecular complexity index is 894. The summed E-state index contributed by atoms with van der Waals surface area (Å²) >= 11 is 12.7. The number of imidazole rings is 1. The van der Waals surface area contributed by atoms with Crippen LogP contribution in [0.1, 0.15) is 15.3 Å². The molecule has 3 nitrogen and oxygen atoms in total. The van der Waals surface area contributed by atoms with E-state index in [1.165, 1.54) is 4.88 Å². The number of alkyl halides is 1. The Morgan fingerprint density at radius 3 is 2.29 bits per heavy atom. The molecule has 0 saturated carbocycles. The molecule has 1 unspecified atom stereocenters. The maximum absolute atomic E-state index is 12.1. The Morgan fingerprint density at radius 1 is 1.10 bits per heavy atom. The molecule has 0 aliphatic heterocycles. The molecule has 0 amide bonds. The third-order valence-corrected chi connectivity index (χ3v) is 7.42. The average molecular weight is 495 g/mol. The van der Waals surface area contributed by atoms with Crippen LogP contribution in [0.25, 0.3) is 11.0 Å². The molecule has 0 N–H and O–H groups in total. The van der Waals surface area contributed by atoms with E-state index >= 15 is 0 Å². The second-order valence-electron chi connectivity index (χ2n) is 4.76. The molecule has 7 heteroatoms. The van der Waals surface area contributed by atoms with Crippen molar-refractivity contribution in [2.45, 2.75) is 4.83 Å². The molecule has 1 aromatic carbocycles. The molecule has 3 rings (SSSR count). The summed E-state index contributed by atoms with van der Waals surface area (Å²) in [6, 6.07) is 6.10. The van der Waals surface area contributed by atoms with Gasteiger partial charge in [0, 0.05) is 27.9 Å². The third kappa shape index (κ3) is 2.48. The minimum Gasteiger partial charge on any atom is -0.295 e. The first kappa shape index (κ1) is 15.5. The molecule has 2 heterocycles. The average Bonchev–Trinajstić information content (AvgIpc) is 2.97. The minimum atomic E-state index is -0.0162. The Balaban J connectivity index is 2.24. The first-order valence-electron chi connectivity index (χ1n) is 6.13. The van der Waals surface area contributed by atoms with Crippen LogP contribution in [0.5, 0.6) is 0 Å². The van der Waals surface area contributed by atoms with Crippen molar-refractivity contribution in [3.8, 4) is 0 Å². The number of halogens is 3. The SMILES string of the molecule is Cn1c(=O)n(C)c2cc(C(Br)c3sccc3Br)c(Br)cc21. The highest BCUT2D eigenvalue weighted by molar-refractivity contribution is 9.11. The zero-order valence-electron chi connectivity index (χ0n) is 11.2. The summed E-state index contributed by atoms with van der Waals surface area (Å²) in [5, 5.41) is 2.05. The Labute approximate surface area is 151 Å². The fourth-order valence-electron chi connectivity index (χ4n) is 2.36. The summed E-state index contributed by atoms with van der Waals surface area (Å²) in [5.74, 6) is 0. The zero-order chi connectivity index (χ0) is 15.3. The van der Waals surface area contributed by atoms with Crippen LogP contribution in [0.3, 0.4) is 0 Å². The van der Waals surface area contributed by atoms with E-state index in [4.69, 9.17) is 0 Å². The van der Waals surface area contributed by atoms with Gasteiger partial charge >= 0.3 is 5.69 Å². The highest BCUT2D eigenvalue weighted by Gasteiger charge is 2.20. The van der Waals surface area contributed by atoms with Crippen LogP contribution in [0.4, 0.5) is 0 Å². The van der Waals surface area contributed by atoms with Gasteiger partial charge in [0.2, 0.25) is 0 Å². The fourth-order valence-corrected chi connectivity index (χ4v) is 6.08. The number of aromatic nitrogens is 2. The van der Waals surface area contributed by atoms with Gasteiger partial charge < -0.3 is 0 Å². The Morgan fingerprint density at radius 2 is 1.71 bits per heavy atom. The molecule has 110 valence electrons. The molecule has 2 aromatic heterocycles. The number of aryl methyl sites for hydroxylation is 2. The minimum absolute atomic E-state index is 0.0162. The molecular weight excluding hydrogens is 484 g/mol. The van der Waals surface area contributed by atoms with Crippen molar-refractivity contribution in [1.82, 2.24) is 9.13 Å². The molecular formula is C14H11Br3N2OS. The highest BCUT2D eigenvalue weighted by Crippen LogP contribution is 2.42. The lowest BCUT2D eigenvalue weighted by molar-refractivity contribution is 0.795. The van der Waals surface area contributed by atoms with E-state index in [2.05, 4.69) is 59.2 Å². The highest BCUT2D eigenvalue weighted by atomic mass is 79.9. The standard InChI is InChI=1S/C14H11Br3N2OS/c1-18-10-5-7(12(17)13-8(15)3-4-21-13)9(16)6-11(10)19(2)14(18)20/h3-6,12H,1-2H3. The van der Waals surface area contributed by atoms with Crippen molar-refractivity contribution < 1.29 is 0 Å². The van der Waals surface area contributed by atoms with Crippen LogP contribution >= 0.6 is 59.1 Å². The van der Waals surface area contributed by atoms with Crippen LogP contribution in [0, 0.1) is 0 Å². The van der Waals surface area contributed by atoms with Crippen LogP contribution in [0.2, 0.25) is 0 Å². The predicted octanol–water partition coefficient (Wildman–Crippen LogP) is 4.95. The number of hydrogen-bond donors (Lipinski definition) is 0. The third-order valence-electron chi connectivity index (χ3n) is 3.54. The summed E-state index contributed by atoms with van der Waals surface area (Å²) < 4.78 is 5.41. The lowest BCUT2D eigenvalue weighted by Crippen LogP contribution is -2.19. The Hall–Kier alpha value is -0.370. The summed E-state index contributed by atoms with van der Waals surface area (Å²) in [4.78, 5) is 13.3. The van der Waals surface area contributed by atoms with Gasteiger partial charge in [-0.15, -0.1) is 11.3 Å². The van der Waals surface area contributed by atoms with E-state index < -0.39 is 0 Å². The number of nitrogens with zero attached hydrogens (tertiary/aromatic N) is 2. The monoisotopic (exact) mass is 492 g/mol. The number of rotatable bonds is 2. The molecule has 0 bridgehead atoms. The summed E-state index contributed by atoms with van der Waals surface area (Å²) in [5.41, 5.74) is 2.94. The lowest BCUT2D eigenvalue weighted by atomic mass is 10.1. The summed E-state index contributed by atoms with van der Waals surface area (Å²) in [6.07, 6.45) is 0. The van der Waals surface area contributed by atoms with Gasteiger partial charge in [0.1, 0.15) is 0 Å². The molecule has 0 radical (unpaired) electrons. The van der Waals surface area contributed by atoms with Crippen LogP contribution in [-0.4, -0.2) is 9.13 Å². The van der Waals surface area contributed by atoms with Crippen molar-refractivity contribution in [3.63, 3.8) is 0 Å². The van der Waals surface area contributed by atoms with Crippen molar-refractivity contribution in [3.05, 3.63) is 53.4 Å². The maximum Gasteiger partial charge on any atom is 0.328 e. The van der Waals surface area contributed by atoms with Gasteiger partial charge in [-0.25, -0.2) is 4.79 Å². The number of hydrogen-bond acceptors (Lipinski definition) is 2. The number of benzene rings is 1. The van der Waals surface area contributed by atoms with Crippen molar-refractivity contribution >= 4 is 70.2 Å². The van der Waals surface area contributed by atoms with Crippen molar-refractivity contribution in [2.24, 2.45) is 14.1 Å². The van der Waals surface area contributed by atoms with Crippen LogP contribution in [0.15, 0.2) is 37.3 Å². The zero-order valence-corrected chi connectivity index (χ0v) is 16.8. The van der Waals surface area contributed by atoms with E-state index in [-0.39, 0.29) is 10.5 Å². The van der Waals surface area contributed by atoms with Gasteiger partial charge in [-0.3, -0.25) is 9.13 Å². The van der Waals surface area contributed by atoms with E-state index in [1.807, 2.05) is 12.1 Å². The van der Waals surface area contributed by atoms with E-state index in [0.29, 0.717) is 0 Å². The summed E-state index contributed by atoms with van der Waals surface area (Å²) in [6.45, 7) is 0. The van der Waals surface area contributed by atoms with Gasteiger partial charge in [-0.05, 0) is 45.1 Å². The largest absolute Gasteiger partial charge is 0.328 e.